The Kier molecular flexibility index (Phi) is 10.8. The molecule has 0 aromatic heterocycles. The Morgan fingerprint density at radius 2 is 1.77 bits per heavy atom. The predicted octanol–water partition coefficient (Wildman–Crippen LogP) is 3.10. The molecule has 1 heterocycles. The second-order valence-corrected chi connectivity index (χ2v) is 8.75. The number of nitrogens with zero attached hydrogens (tertiary/aromatic N) is 2. The van der Waals surface area contributed by atoms with E-state index in [-0.39, 0.29) is 48.8 Å². The van der Waals surface area contributed by atoms with Gasteiger partial charge in [0.25, 0.3) is 0 Å². The Hall–Kier alpha value is -1.15. The number of rotatable bonds is 7. The maximum Gasteiger partial charge on any atom is 0.511 e. The summed E-state index contributed by atoms with van der Waals surface area (Å²) in [5.74, 6) is 0.313. The van der Waals surface area contributed by atoms with Crippen LogP contribution in [0.1, 0.15) is 25.3 Å². The van der Waals surface area contributed by atoms with Crippen LogP contribution in [0.4, 0.5) is 17.6 Å². The van der Waals surface area contributed by atoms with E-state index in [0.717, 1.165) is 5.56 Å². The minimum atomic E-state index is -5.26. The fourth-order valence-corrected chi connectivity index (χ4v) is 4.00. The Balaban J connectivity index is 0.00000450. The first-order chi connectivity index (χ1) is 13.6. The Labute approximate surface area is 191 Å². The van der Waals surface area contributed by atoms with Gasteiger partial charge in [-0.2, -0.15) is 17.5 Å². The number of benzene rings is 1. The number of alkyl halides is 3. The molecule has 0 radical (unpaired) electrons. The van der Waals surface area contributed by atoms with Gasteiger partial charge in [-0.3, -0.25) is 4.99 Å². The minimum absolute atomic E-state index is 0. The fourth-order valence-electron chi connectivity index (χ4n) is 3.02. The van der Waals surface area contributed by atoms with Crippen LogP contribution in [0.5, 0.6) is 0 Å². The third-order valence-corrected chi connectivity index (χ3v) is 6.31. The Morgan fingerprint density at radius 1 is 1.17 bits per heavy atom. The van der Waals surface area contributed by atoms with Crippen LogP contribution in [-0.2, 0) is 16.4 Å². The highest BCUT2D eigenvalue weighted by Crippen LogP contribution is 2.30. The van der Waals surface area contributed by atoms with Crippen molar-refractivity contribution < 1.29 is 26.0 Å². The van der Waals surface area contributed by atoms with E-state index in [1.807, 2.05) is 6.92 Å². The zero-order chi connectivity index (χ0) is 21.5. The van der Waals surface area contributed by atoms with Gasteiger partial charge >= 0.3 is 15.5 Å². The number of guanidine groups is 1. The Morgan fingerprint density at radius 3 is 2.30 bits per heavy atom. The zero-order valence-electron chi connectivity index (χ0n) is 16.6. The van der Waals surface area contributed by atoms with Gasteiger partial charge in [0.15, 0.2) is 5.96 Å². The standard InChI is InChI=1S/C18H26F4N4O2S.HI/c1-2-23-17(24-10-7-14-3-5-16(19)6-4-14)25-13-15-8-11-26(12-9-15)29(27,28)18(20,21)22;/h3-6,15H,2,7-13H2,1H3,(H2,23,24,25);1H. The molecule has 0 unspecified atom stereocenters. The number of nitrogens with one attached hydrogen (secondary N) is 2. The first-order valence-corrected chi connectivity index (χ1v) is 10.9. The summed E-state index contributed by atoms with van der Waals surface area (Å²) in [7, 11) is -5.25. The summed E-state index contributed by atoms with van der Waals surface area (Å²) in [5.41, 5.74) is -4.28. The van der Waals surface area contributed by atoms with Gasteiger partial charge in [0, 0.05) is 32.7 Å². The van der Waals surface area contributed by atoms with Crippen molar-refractivity contribution >= 4 is 40.0 Å². The van der Waals surface area contributed by atoms with Crippen LogP contribution < -0.4 is 10.6 Å². The molecule has 1 aliphatic rings. The molecule has 6 nitrogen and oxygen atoms in total. The van der Waals surface area contributed by atoms with Crippen molar-refractivity contribution in [3.63, 3.8) is 0 Å². The molecule has 1 fully saturated rings. The number of hydrogen-bond acceptors (Lipinski definition) is 3. The van der Waals surface area contributed by atoms with Gasteiger partial charge in [-0.05, 0) is 49.8 Å². The number of sulfonamides is 1. The van der Waals surface area contributed by atoms with Crippen LogP contribution >= 0.6 is 24.0 Å². The topological polar surface area (TPSA) is 73.8 Å². The third-order valence-electron chi connectivity index (χ3n) is 4.68. The Bertz CT molecular complexity index is 780. The van der Waals surface area contributed by atoms with Gasteiger partial charge in [0.05, 0.1) is 0 Å². The second-order valence-electron chi connectivity index (χ2n) is 6.82. The van der Waals surface area contributed by atoms with Gasteiger partial charge < -0.3 is 10.6 Å². The summed E-state index contributed by atoms with van der Waals surface area (Å²) < 4.78 is 74.2. The van der Waals surface area contributed by atoms with Gasteiger partial charge in [-0.1, -0.05) is 12.1 Å². The minimum Gasteiger partial charge on any atom is -0.357 e. The van der Waals surface area contributed by atoms with Crippen molar-refractivity contribution in [3.05, 3.63) is 35.6 Å². The molecule has 0 saturated carbocycles. The predicted molar refractivity (Wildman–Crippen MR) is 119 cm³/mol. The van der Waals surface area contributed by atoms with Crippen molar-refractivity contribution in [2.75, 3.05) is 32.7 Å². The number of piperidine rings is 1. The van der Waals surface area contributed by atoms with Crippen LogP contribution in [0.3, 0.4) is 0 Å². The smallest absolute Gasteiger partial charge is 0.357 e. The summed E-state index contributed by atoms with van der Waals surface area (Å²) in [4.78, 5) is 4.46. The molecule has 1 aromatic carbocycles. The van der Waals surface area contributed by atoms with E-state index in [4.69, 9.17) is 0 Å². The fraction of sp³-hybridized carbons (Fsp3) is 0.611. The molecule has 2 rings (SSSR count). The van der Waals surface area contributed by atoms with Crippen molar-refractivity contribution in [2.45, 2.75) is 31.7 Å². The van der Waals surface area contributed by atoms with Crippen molar-refractivity contribution in [1.82, 2.24) is 14.9 Å². The van der Waals surface area contributed by atoms with Crippen LogP contribution in [0.15, 0.2) is 29.3 Å². The molecule has 0 atom stereocenters. The van der Waals surface area contributed by atoms with E-state index in [1.165, 1.54) is 12.1 Å². The lowest BCUT2D eigenvalue weighted by molar-refractivity contribution is -0.0496. The summed E-state index contributed by atoms with van der Waals surface area (Å²) in [6, 6.07) is 6.23. The molecule has 0 amide bonds. The van der Waals surface area contributed by atoms with Crippen LogP contribution in [0.25, 0.3) is 0 Å². The average molecular weight is 566 g/mol. The van der Waals surface area contributed by atoms with Gasteiger partial charge in [-0.15, -0.1) is 24.0 Å². The molecule has 1 saturated heterocycles. The van der Waals surface area contributed by atoms with E-state index in [0.29, 0.717) is 49.2 Å². The van der Waals surface area contributed by atoms with Crippen LogP contribution in [0, 0.1) is 11.7 Å². The maximum absolute atomic E-state index is 12.9. The van der Waals surface area contributed by atoms with E-state index < -0.39 is 15.5 Å². The molecule has 2 N–H and O–H groups in total. The number of halogens is 5. The van der Waals surface area contributed by atoms with Gasteiger partial charge in [-0.25, -0.2) is 12.8 Å². The molecule has 1 aromatic rings. The molecular weight excluding hydrogens is 539 g/mol. The lowest BCUT2D eigenvalue weighted by Gasteiger charge is -2.30. The second kappa shape index (κ2) is 12.0. The largest absolute Gasteiger partial charge is 0.511 e. The highest BCUT2D eigenvalue weighted by Gasteiger charge is 2.50. The molecule has 0 aliphatic carbocycles. The number of hydrogen-bond donors (Lipinski definition) is 2. The van der Waals surface area contributed by atoms with E-state index >= 15 is 0 Å². The summed E-state index contributed by atoms with van der Waals surface area (Å²) in [5, 5.41) is 6.26. The molecule has 0 bridgehead atoms. The molecule has 172 valence electrons. The SMILES string of the molecule is CCNC(=NCC1CCN(S(=O)(=O)C(F)(F)F)CC1)NCCc1ccc(F)cc1.I. The van der Waals surface area contributed by atoms with E-state index in [2.05, 4.69) is 15.6 Å². The summed E-state index contributed by atoms with van der Waals surface area (Å²) in [6.45, 7) is 3.22. The van der Waals surface area contributed by atoms with Gasteiger partial charge in [0.1, 0.15) is 5.82 Å². The van der Waals surface area contributed by atoms with E-state index in [1.54, 1.807) is 12.1 Å². The normalized spacial score (nSPS) is 16.8. The van der Waals surface area contributed by atoms with Crippen molar-refractivity contribution in [3.8, 4) is 0 Å². The zero-order valence-corrected chi connectivity index (χ0v) is 19.7. The summed E-state index contributed by atoms with van der Waals surface area (Å²) >= 11 is 0. The molecular formula is C18H27F4IN4O2S. The highest BCUT2D eigenvalue weighted by atomic mass is 127. The quantitative estimate of drug-likeness (QED) is 0.231. The monoisotopic (exact) mass is 566 g/mol. The molecule has 30 heavy (non-hydrogen) atoms. The lowest BCUT2D eigenvalue weighted by atomic mass is 9.98. The third kappa shape index (κ3) is 7.84. The first kappa shape index (κ1) is 26.9. The molecule has 12 heteroatoms. The molecule has 0 spiro atoms. The average Bonchev–Trinajstić information content (AvgIpc) is 2.67. The van der Waals surface area contributed by atoms with Crippen LogP contribution in [0.2, 0.25) is 0 Å². The summed E-state index contributed by atoms with van der Waals surface area (Å²) in [6.07, 6.45) is 1.33. The van der Waals surface area contributed by atoms with Crippen LogP contribution in [-0.4, -0.2) is 56.9 Å². The number of aliphatic imine (C=N–C) groups is 1. The van der Waals surface area contributed by atoms with Crippen molar-refractivity contribution in [2.24, 2.45) is 10.9 Å². The highest BCUT2D eigenvalue weighted by molar-refractivity contribution is 14.0. The van der Waals surface area contributed by atoms with E-state index in [9.17, 15) is 26.0 Å². The first-order valence-electron chi connectivity index (χ1n) is 9.46. The van der Waals surface area contributed by atoms with Crippen molar-refractivity contribution in [1.29, 1.82) is 0 Å². The van der Waals surface area contributed by atoms with Gasteiger partial charge in [0.2, 0.25) is 0 Å². The lowest BCUT2D eigenvalue weighted by Crippen LogP contribution is -2.45. The maximum atomic E-state index is 12.9. The molecule has 1 aliphatic heterocycles.